The Morgan fingerprint density at radius 2 is 0.662 bits per heavy atom. The maximum atomic E-state index is 2.58. The molecule has 0 fully saturated rings. The van der Waals surface area contributed by atoms with E-state index in [2.05, 4.69) is 287 Å². The zero-order valence-electron chi connectivity index (χ0n) is 40.2. The maximum Gasteiger partial charge on any atom is 0.252 e. The molecule has 0 aromatic heterocycles. The molecular weight excluding hydrogens is 935 g/mol. The van der Waals surface area contributed by atoms with Gasteiger partial charge in [0.25, 0.3) is 6.71 Å². The summed E-state index contributed by atoms with van der Waals surface area (Å²) in [7, 11) is 0. The molecule has 0 radical (unpaired) electrons. The van der Waals surface area contributed by atoms with Crippen molar-refractivity contribution in [1.29, 1.82) is 0 Å². The normalized spacial score (nSPS) is 13.2. The van der Waals surface area contributed by atoms with E-state index in [1.807, 2.05) is 23.5 Å². The van der Waals surface area contributed by atoms with Crippen LogP contribution in [0.4, 0.5) is 68.2 Å². The summed E-state index contributed by atoms with van der Waals surface area (Å²) in [5.74, 6) is 0. The summed E-state index contributed by atoms with van der Waals surface area (Å²) >= 11 is 3.84. The molecule has 74 heavy (non-hydrogen) atoms. The van der Waals surface area contributed by atoms with Crippen molar-refractivity contribution in [2.75, 3.05) is 19.6 Å². The summed E-state index contributed by atoms with van der Waals surface area (Å²) in [4.78, 5) is 15.1. The largest absolute Gasteiger partial charge is 0.311 e. The van der Waals surface area contributed by atoms with E-state index in [1.54, 1.807) is 0 Å². The fourth-order valence-electron chi connectivity index (χ4n) is 12.0. The van der Waals surface area contributed by atoms with Crippen molar-refractivity contribution < 1.29 is 0 Å². The Labute approximate surface area is 441 Å². The van der Waals surface area contributed by atoms with E-state index in [0.717, 1.165) is 45.5 Å². The van der Waals surface area contributed by atoms with Gasteiger partial charge in [-0.2, -0.15) is 0 Å². The molecule has 346 valence electrons. The lowest BCUT2D eigenvalue weighted by Crippen LogP contribution is -2.63. The van der Waals surface area contributed by atoms with E-state index < -0.39 is 0 Å². The lowest BCUT2D eigenvalue weighted by atomic mass is 9.32. The first-order valence-electron chi connectivity index (χ1n) is 25.3. The molecule has 11 aromatic rings. The molecule has 4 aliphatic rings. The Balaban J connectivity index is 1.00. The van der Waals surface area contributed by atoms with Gasteiger partial charge >= 0.3 is 0 Å². The number of hydrogen-bond acceptors (Lipinski definition) is 6. The molecule has 8 heteroatoms. The number of fused-ring (bicyclic) bond motifs is 8. The van der Waals surface area contributed by atoms with Crippen molar-refractivity contribution in [3.63, 3.8) is 0 Å². The number of nitrogens with zero attached hydrogens (tertiary/aromatic N) is 4. The summed E-state index contributed by atoms with van der Waals surface area (Å²) in [6, 6.07) is 98.4. The summed E-state index contributed by atoms with van der Waals surface area (Å²) < 4.78 is 0. The van der Waals surface area contributed by atoms with E-state index in [9.17, 15) is 0 Å². The van der Waals surface area contributed by atoms with Crippen molar-refractivity contribution >= 4 is 138 Å². The van der Waals surface area contributed by atoms with E-state index in [0.29, 0.717) is 0 Å². The third-order valence-electron chi connectivity index (χ3n) is 15.1. The van der Waals surface area contributed by atoms with Crippen molar-refractivity contribution in [2.24, 2.45) is 0 Å². The van der Waals surface area contributed by atoms with Crippen LogP contribution in [0.3, 0.4) is 0 Å². The molecule has 0 bridgehead atoms. The quantitative estimate of drug-likeness (QED) is 0.140. The van der Waals surface area contributed by atoms with Gasteiger partial charge in [-0.15, -0.1) is 0 Å². The average molecular weight is 979 g/mol. The van der Waals surface area contributed by atoms with Gasteiger partial charge in [-0.05, 0) is 137 Å². The van der Waals surface area contributed by atoms with E-state index in [4.69, 9.17) is 0 Å². The maximum absolute atomic E-state index is 2.58. The zero-order chi connectivity index (χ0) is 48.7. The first kappa shape index (κ1) is 43.1. The third-order valence-corrected chi connectivity index (χ3v) is 17.3. The number of hydrogen-bond donors (Lipinski definition) is 0. The van der Waals surface area contributed by atoms with Crippen molar-refractivity contribution in [3.8, 4) is 0 Å². The van der Waals surface area contributed by atoms with Crippen LogP contribution in [0.2, 0.25) is 0 Å². The molecule has 0 spiro atoms. The minimum atomic E-state index is -0.0582. The summed E-state index contributed by atoms with van der Waals surface area (Å²) in [6.45, 7) is -0.0214. The average Bonchev–Trinajstić information content (AvgIpc) is 3.46. The van der Waals surface area contributed by atoms with Crippen LogP contribution in [-0.4, -0.2) is 13.4 Å². The Morgan fingerprint density at radius 3 is 1.19 bits per heavy atom. The standard InChI is InChI=1S/C66H44B2N4S2/c1-7-23-45(24-8-1)69(46-25-9-2-10-26-46)51-39-59-65-60(40-51)72(50-33-17-6-18-34-50)58-43-56-62(44-55(58)67(65)53-35-19-21-37-57(53)71(59)49-31-15-5-16-32-49)74-64-42-52(41-63-66(64)68(56)54-36-20-22-38-61(54)73-63)70(47-27-11-3-12-28-47)48-29-13-4-14-30-48/h1-44H. The van der Waals surface area contributed by atoms with E-state index in [1.165, 1.54) is 75.1 Å². The van der Waals surface area contributed by atoms with Gasteiger partial charge < -0.3 is 19.6 Å². The highest BCUT2D eigenvalue weighted by molar-refractivity contribution is 8.01. The molecule has 0 saturated heterocycles. The second-order valence-corrected chi connectivity index (χ2v) is 21.4. The fourth-order valence-corrected chi connectivity index (χ4v) is 14.5. The second-order valence-electron chi connectivity index (χ2n) is 19.2. The number of benzene rings is 11. The summed E-state index contributed by atoms with van der Waals surface area (Å²) in [5.41, 5.74) is 21.7. The van der Waals surface area contributed by atoms with E-state index >= 15 is 0 Å². The predicted octanol–water partition coefficient (Wildman–Crippen LogP) is 14.2. The molecule has 11 aromatic carbocycles. The van der Waals surface area contributed by atoms with Gasteiger partial charge in [0.2, 0.25) is 6.71 Å². The molecule has 4 aliphatic heterocycles. The lowest BCUT2D eigenvalue weighted by molar-refractivity contribution is 1.22. The van der Waals surface area contributed by atoms with Crippen LogP contribution in [0.1, 0.15) is 0 Å². The van der Waals surface area contributed by atoms with Crippen LogP contribution in [0.5, 0.6) is 0 Å². The monoisotopic (exact) mass is 978 g/mol. The van der Waals surface area contributed by atoms with Gasteiger partial charge in [-0.25, -0.2) is 0 Å². The van der Waals surface area contributed by atoms with Gasteiger partial charge in [0.15, 0.2) is 0 Å². The Bertz CT molecular complexity index is 3860. The first-order valence-corrected chi connectivity index (χ1v) is 26.9. The van der Waals surface area contributed by atoms with Crippen molar-refractivity contribution in [3.05, 3.63) is 267 Å². The van der Waals surface area contributed by atoms with Crippen LogP contribution < -0.4 is 52.4 Å². The van der Waals surface area contributed by atoms with Crippen molar-refractivity contribution in [1.82, 2.24) is 0 Å². The molecule has 0 amide bonds. The molecule has 0 N–H and O–H groups in total. The third kappa shape index (κ3) is 6.89. The SMILES string of the molecule is c1ccc(N(c2ccccc2)c2cc3c4c(c2)Sc2cc5c(cc2B4c2ccccc2S3)N(c2ccccc2)c2cc(N(c3ccccc3)c3ccccc3)cc3c2B5c2ccccc2N3c2ccccc2)cc1. The summed E-state index contributed by atoms with van der Waals surface area (Å²) in [6.07, 6.45) is 0. The highest BCUT2D eigenvalue weighted by Crippen LogP contribution is 2.50. The molecule has 0 aliphatic carbocycles. The van der Waals surface area contributed by atoms with Gasteiger partial charge in [-0.3, -0.25) is 0 Å². The van der Waals surface area contributed by atoms with Crippen LogP contribution in [0.15, 0.2) is 287 Å². The van der Waals surface area contributed by atoms with Gasteiger partial charge in [0, 0.05) is 82.1 Å². The molecule has 0 atom stereocenters. The number of anilines is 12. The number of rotatable bonds is 8. The van der Waals surface area contributed by atoms with Crippen LogP contribution >= 0.6 is 23.5 Å². The highest BCUT2D eigenvalue weighted by atomic mass is 32.2. The highest BCUT2D eigenvalue weighted by Gasteiger charge is 2.46. The van der Waals surface area contributed by atoms with Crippen molar-refractivity contribution in [2.45, 2.75) is 19.6 Å². The number of para-hydroxylation sites is 7. The smallest absolute Gasteiger partial charge is 0.252 e. The molecule has 4 heterocycles. The molecular formula is C66H44B2N4S2. The van der Waals surface area contributed by atoms with Gasteiger partial charge in [0.1, 0.15) is 0 Å². The van der Waals surface area contributed by atoms with Gasteiger partial charge in [-0.1, -0.05) is 186 Å². The Morgan fingerprint density at radius 1 is 0.257 bits per heavy atom. The van der Waals surface area contributed by atoms with Gasteiger partial charge in [0.05, 0.1) is 5.69 Å². The van der Waals surface area contributed by atoms with E-state index in [-0.39, 0.29) is 13.4 Å². The van der Waals surface area contributed by atoms with Crippen LogP contribution in [-0.2, 0) is 0 Å². The molecule has 0 unspecified atom stereocenters. The Hall–Kier alpha value is -8.55. The second kappa shape index (κ2) is 17.6. The topological polar surface area (TPSA) is 13.0 Å². The Kier molecular flexibility index (Phi) is 10.2. The lowest BCUT2D eigenvalue weighted by Gasteiger charge is -2.45. The molecule has 0 saturated carbocycles. The first-order chi connectivity index (χ1) is 36.7. The van der Waals surface area contributed by atoms with Crippen LogP contribution in [0.25, 0.3) is 0 Å². The molecule has 4 nitrogen and oxygen atoms in total. The minimum absolute atomic E-state index is 0.0368. The minimum Gasteiger partial charge on any atom is -0.311 e. The molecule has 15 rings (SSSR count). The fraction of sp³-hybridized carbons (Fsp3) is 0. The zero-order valence-corrected chi connectivity index (χ0v) is 41.8. The van der Waals surface area contributed by atoms with Crippen LogP contribution in [0, 0.1) is 0 Å². The summed E-state index contributed by atoms with van der Waals surface area (Å²) in [5, 5.41) is 0. The predicted molar refractivity (Wildman–Crippen MR) is 316 cm³/mol.